The smallest absolute Gasteiger partial charge is 0.227 e. The molecule has 0 radical (unpaired) electrons. The molecule has 0 spiro atoms. The summed E-state index contributed by atoms with van der Waals surface area (Å²) in [6.07, 6.45) is 4.87. The third-order valence-electron chi connectivity index (χ3n) is 4.90. The van der Waals surface area contributed by atoms with Gasteiger partial charge in [0.15, 0.2) is 0 Å². The van der Waals surface area contributed by atoms with Gasteiger partial charge in [-0.15, -0.1) is 11.3 Å². The van der Waals surface area contributed by atoms with Crippen LogP contribution in [-0.4, -0.2) is 30.1 Å². The van der Waals surface area contributed by atoms with Crippen LogP contribution in [0.2, 0.25) is 0 Å². The lowest BCUT2D eigenvalue weighted by molar-refractivity contribution is -0.119. The summed E-state index contributed by atoms with van der Waals surface area (Å²) in [5, 5.41) is 3.17. The molecule has 1 saturated heterocycles. The zero-order valence-electron chi connectivity index (χ0n) is 14.0. The lowest BCUT2D eigenvalue weighted by Crippen LogP contribution is -2.29. The highest BCUT2D eigenvalue weighted by Gasteiger charge is 2.26. The zero-order chi connectivity index (χ0) is 16.5. The van der Waals surface area contributed by atoms with Crippen molar-refractivity contribution in [2.24, 2.45) is 0 Å². The predicted molar refractivity (Wildman–Crippen MR) is 96.6 cm³/mol. The molecule has 2 aliphatic heterocycles. The number of hydrogen-bond donors (Lipinski definition) is 0. The van der Waals surface area contributed by atoms with Crippen molar-refractivity contribution >= 4 is 22.9 Å². The number of amides is 1. The van der Waals surface area contributed by atoms with E-state index in [9.17, 15) is 4.79 Å². The Morgan fingerprint density at radius 1 is 1.46 bits per heavy atom. The summed E-state index contributed by atoms with van der Waals surface area (Å²) in [6, 6.07) is 6.35. The van der Waals surface area contributed by atoms with E-state index in [4.69, 9.17) is 4.74 Å². The lowest BCUT2D eigenvalue weighted by atomic mass is 10.1. The molecule has 126 valence electrons. The van der Waals surface area contributed by atoms with Gasteiger partial charge in [0.25, 0.3) is 0 Å². The van der Waals surface area contributed by atoms with Crippen molar-refractivity contribution in [1.82, 2.24) is 4.98 Å². The molecule has 4 rings (SSSR count). The summed E-state index contributed by atoms with van der Waals surface area (Å²) in [6.45, 7) is 3.67. The second kappa shape index (κ2) is 6.65. The Morgan fingerprint density at radius 2 is 2.38 bits per heavy atom. The maximum atomic E-state index is 12.6. The van der Waals surface area contributed by atoms with Crippen molar-refractivity contribution in [2.75, 3.05) is 18.1 Å². The summed E-state index contributed by atoms with van der Waals surface area (Å²) in [5.41, 5.74) is 4.50. The van der Waals surface area contributed by atoms with E-state index in [1.165, 1.54) is 5.56 Å². The van der Waals surface area contributed by atoms with Crippen LogP contribution < -0.4 is 4.90 Å². The number of benzene rings is 1. The molecule has 1 aromatic carbocycles. The van der Waals surface area contributed by atoms with Gasteiger partial charge in [-0.1, -0.05) is 6.07 Å². The van der Waals surface area contributed by atoms with Gasteiger partial charge in [0.1, 0.15) is 0 Å². The molecule has 2 aliphatic rings. The van der Waals surface area contributed by atoms with Crippen LogP contribution in [-0.2, 0) is 16.0 Å². The van der Waals surface area contributed by atoms with Gasteiger partial charge < -0.3 is 9.64 Å². The summed E-state index contributed by atoms with van der Waals surface area (Å²) in [7, 11) is 0. The summed E-state index contributed by atoms with van der Waals surface area (Å²) in [5.74, 6) is 0.224. The Balaban J connectivity index is 1.46. The average Bonchev–Trinajstić information content (AvgIpc) is 3.32. The minimum atomic E-state index is 0.224. The molecule has 1 amide bonds. The summed E-state index contributed by atoms with van der Waals surface area (Å²) in [4.78, 5) is 19.1. The number of nitrogens with zero attached hydrogens (tertiary/aromatic N) is 2. The van der Waals surface area contributed by atoms with Crippen molar-refractivity contribution in [2.45, 2.75) is 45.1 Å². The Hall–Kier alpha value is -1.72. The Kier molecular flexibility index (Phi) is 4.37. The van der Waals surface area contributed by atoms with Crippen LogP contribution in [0.1, 0.15) is 36.3 Å². The average molecular weight is 342 g/mol. The maximum Gasteiger partial charge on any atom is 0.227 e. The first-order chi connectivity index (χ1) is 11.7. The largest absolute Gasteiger partial charge is 0.378 e. The van der Waals surface area contributed by atoms with Crippen molar-refractivity contribution in [3.05, 3.63) is 34.2 Å². The number of carbonyl (C=O) groups is 1. The standard InChI is InChI=1S/C19H22N2O2S/c1-13-20-17(12-24-13)14-4-6-18-15(11-14)8-9-21(18)19(22)7-5-16-3-2-10-23-16/h4,6,11-12,16H,2-3,5,7-10H2,1H3/t16-/m1/s1. The zero-order valence-corrected chi connectivity index (χ0v) is 14.8. The van der Waals surface area contributed by atoms with E-state index in [2.05, 4.69) is 28.6 Å². The number of thiazole rings is 1. The van der Waals surface area contributed by atoms with Crippen molar-refractivity contribution in [1.29, 1.82) is 0 Å². The van der Waals surface area contributed by atoms with E-state index >= 15 is 0 Å². The first-order valence-corrected chi connectivity index (χ1v) is 9.56. The number of hydrogen-bond acceptors (Lipinski definition) is 4. The van der Waals surface area contributed by atoms with Crippen molar-refractivity contribution in [3.63, 3.8) is 0 Å². The number of carbonyl (C=O) groups excluding carboxylic acids is 1. The molecule has 0 saturated carbocycles. The highest BCUT2D eigenvalue weighted by atomic mass is 32.1. The topological polar surface area (TPSA) is 42.4 Å². The first-order valence-electron chi connectivity index (χ1n) is 8.68. The molecule has 1 fully saturated rings. The fraction of sp³-hybridized carbons (Fsp3) is 0.474. The number of ether oxygens (including phenoxy) is 1. The summed E-state index contributed by atoms with van der Waals surface area (Å²) >= 11 is 1.67. The molecule has 0 unspecified atom stereocenters. The highest BCUT2D eigenvalue weighted by molar-refractivity contribution is 7.09. The van der Waals surface area contributed by atoms with Crippen LogP contribution in [0, 0.1) is 6.92 Å². The fourth-order valence-corrected chi connectivity index (χ4v) is 4.23. The van der Waals surface area contributed by atoms with E-state index in [0.717, 1.165) is 60.8 Å². The molecular weight excluding hydrogens is 320 g/mol. The van der Waals surface area contributed by atoms with Gasteiger partial charge in [-0.25, -0.2) is 4.98 Å². The fourth-order valence-electron chi connectivity index (χ4n) is 3.61. The van der Waals surface area contributed by atoms with Gasteiger partial charge in [0.2, 0.25) is 5.91 Å². The quantitative estimate of drug-likeness (QED) is 0.844. The second-order valence-electron chi connectivity index (χ2n) is 6.56. The van der Waals surface area contributed by atoms with E-state index in [1.54, 1.807) is 11.3 Å². The molecule has 0 bridgehead atoms. The van der Waals surface area contributed by atoms with Crippen LogP contribution in [0.4, 0.5) is 5.69 Å². The van der Waals surface area contributed by atoms with Crippen LogP contribution in [0.5, 0.6) is 0 Å². The monoisotopic (exact) mass is 342 g/mol. The van der Waals surface area contributed by atoms with Gasteiger partial charge >= 0.3 is 0 Å². The molecule has 1 aromatic heterocycles. The van der Waals surface area contributed by atoms with Crippen LogP contribution in [0.15, 0.2) is 23.6 Å². The molecule has 5 heteroatoms. The number of anilines is 1. The molecule has 1 atom stereocenters. The van der Waals surface area contributed by atoms with Crippen molar-refractivity contribution in [3.8, 4) is 11.3 Å². The van der Waals surface area contributed by atoms with E-state index in [1.807, 2.05) is 11.8 Å². The van der Waals surface area contributed by atoms with E-state index in [0.29, 0.717) is 6.42 Å². The first kappa shape index (κ1) is 15.8. The molecule has 0 aliphatic carbocycles. The third kappa shape index (κ3) is 3.10. The number of rotatable bonds is 4. The third-order valence-corrected chi connectivity index (χ3v) is 5.67. The van der Waals surface area contributed by atoms with E-state index < -0.39 is 0 Å². The van der Waals surface area contributed by atoms with Gasteiger partial charge in [-0.3, -0.25) is 4.79 Å². The molecular formula is C19H22N2O2S. The number of fused-ring (bicyclic) bond motifs is 1. The van der Waals surface area contributed by atoms with Gasteiger partial charge in [0, 0.05) is 36.2 Å². The predicted octanol–water partition coefficient (Wildman–Crippen LogP) is 3.97. The van der Waals surface area contributed by atoms with Crippen LogP contribution in [0.25, 0.3) is 11.3 Å². The van der Waals surface area contributed by atoms with Crippen LogP contribution in [0.3, 0.4) is 0 Å². The lowest BCUT2D eigenvalue weighted by Gasteiger charge is -2.18. The molecule has 0 N–H and O–H groups in total. The van der Waals surface area contributed by atoms with Gasteiger partial charge in [-0.05, 0) is 50.3 Å². The Labute approximate surface area is 146 Å². The second-order valence-corrected chi connectivity index (χ2v) is 7.63. The van der Waals surface area contributed by atoms with Gasteiger partial charge in [-0.2, -0.15) is 0 Å². The highest BCUT2D eigenvalue weighted by Crippen LogP contribution is 2.33. The van der Waals surface area contributed by atoms with E-state index in [-0.39, 0.29) is 12.0 Å². The minimum Gasteiger partial charge on any atom is -0.378 e. The minimum absolute atomic E-state index is 0.224. The summed E-state index contributed by atoms with van der Waals surface area (Å²) < 4.78 is 5.63. The van der Waals surface area contributed by atoms with Crippen molar-refractivity contribution < 1.29 is 9.53 Å². The normalized spacial score (nSPS) is 19.7. The number of aromatic nitrogens is 1. The maximum absolute atomic E-state index is 12.6. The number of aryl methyl sites for hydroxylation is 1. The molecule has 4 nitrogen and oxygen atoms in total. The van der Waals surface area contributed by atoms with Gasteiger partial charge in [0.05, 0.1) is 16.8 Å². The molecule has 24 heavy (non-hydrogen) atoms. The molecule has 3 heterocycles. The molecule has 2 aromatic rings. The Bertz CT molecular complexity index is 750. The van der Waals surface area contributed by atoms with Crippen LogP contribution >= 0.6 is 11.3 Å². The Morgan fingerprint density at radius 3 is 3.12 bits per heavy atom. The SMILES string of the molecule is Cc1nc(-c2ccc3c(c2)CCN3C(=O)CC[C@H]2CCCO2)cs1.